The lowest BCUT2D eigenvalue weighted by atomic mass is 9.63. The van der Waals surface area contributed by atoms with Crippen molar-refractivity contribution in [3.05, 3.63) is 116 Å². The number of aliphatic hydroxyl groups excluding tert-OH is 8. The Morgan fingerprint density at radius 3 is 1.23 bits per heavy atom. The number of fused-ring (bicyclic) bond motifs is 4. The van der Waals surface area contributed by atoms with Gasteiger partial charge in [-0.25, -0.2) is 9.59 Å². The normalized spacial score (nSPS) is 30.1. The van der Waals surface area contributed by atoms with Crippen LogP contribution in [0.5, 0.6) is 23.0 Å². The summed E-state index contributed by atoms with van der Waals surface area (Å²) in [5.41, 5.74) is -2.87. The molecule has 0 radical (unpaired) electrons. The molecular formula is C42H38O20. The first-order chi connectivity index (χ1) is 29.5. The monoisotopic (exact) mass is 862 g/mol. The van der Waals surface area contributed by atoms with Crippen LogP contribution in [0, 0.1) is 0 Å². The van der Waals surface area contributed by atoms with Gasteiger partial charge in [0.1, 0.15) is 71.8 Å². The summed E-state index contributed by atoms with van der Waals surface area (Å²) >= 11 is 0. The number of carbonyl (C=O) groups is 4. The molecule has 2 saturated heterocycles. The lowest BCUT2D eigenvalue weighted by molar-refractivity contribution is -0.277. The first kappa shape index (κ1) is 42.6. The number of aromatic hydroxyl groups is 2. The van der Waals surface area contributed by atoms with E-state index in [-0.39, 0.29) is 44.9 Å². The number of phenolic OH excluding ortho intramolecular Hbond substituents is 2. The van der Waals surface area contributed by atoms with E-state index in [0.29, 0.717) is 0 Å². The van der Waals surface area contributed by atoms with Gasteiger partial charge in [-0.1, -0.05) is 24.3 Å². The first-order valence-electron chi connectivity index (χ1n) is 19.0. The third-order valence-electron chi connectivity index (χ3n) is 11.7. The van der Waals surface area contributed by atoms with Crippen molar-refractivity contribution in [2.75, 3.05) is 13.2 Å². The van der Waals surface area contributed by atoms with E-state index < -0.39 is 144 Å². The summed E-state index contributed by atoms with van der Waals surface area (Å²) in [6, 6.07) is 11.9. The smallest absolute Gasteiger partial charge is 0.335 e. The summed E-state index contributed by atoms with van der Waals surface area (Å²) in [6.45, 7) is -1.64. The fraction of sp³-hybridized carbons (Fsp3) is 0.333. The van der Waals surface area contributed by atoms with Gasteiger partial charge in [0.25, 0.3) is 0 Å². The number of carboxylic acids is 2. The zero-order chi connectivity index (χ0) is 44.6. The first-order valence-corrected chi connectivity index (χ1v) is 19.0. The third kappa shape index (κ3) is 6.73. The number of phenols is 2. The standard InChI is InChI=1S/C42H38O20/c43-11-23-31(47)35(51)37(53)41(61-23)59-21-5-1-3-15-25(17-7-13(39(55)56)9-19(45)27(17)33(49)29(15)21)26-16-4-2-6-22(60-42-38(54)36(52)32(48)24(12-44)62-42)30(16)34(50)28-18(26)8-14(40(57)58)10-20(28)46/h1-10,23-26,31-32,35-38,41-48,51-54H,11-12H2,(H,55,56)(H,57,58)/t23-,24-,25-,26+,31-,32-,35+,36+,37-,38-,41-,42-/m0/s1. The summed E-state index contributed by atoms with van der Waals surface area (Å²) in [6.07, 6.45) is -17.7. The molecule has 2 fully saturated rings. The van der Waals surface area contributed by atoms with Crippen LogP contribution in [0.2, 0.25) is 0 Å². The SMILES string of the molecule is O=C(O)c1cc(O)c2c(c1)[C@@H]([C@H]1c3cc(C(=O)O)cc(O)c3C(=O)c3c(O[C@H]4O[C@@H](CO)[C@H](O)[C@@H](O)[C@@H]4O)cccc31)c1cccc(O[C@H]3O[C@@H](CO)[C@H](O)[C@@H](O)[C@@H]3O)c1C2=O. The Bertz CT molecular complexity index is 2330. The van der Waals surface area contributed by atoms with Crippen molar-refractivity contribution in [2.24, 2.45) is 0 Å². The number of aliphatic hydroxyl groups is 8. The zero-order valence-corrected chi connectivity index (χ0v) is 31.7. The van der Waals surface area contributed by atoms with Crippen molar-refractivity contribution in [2.45, 2.75) is 73.2 Å². The van der Waals surface area contributed by atoms with Gasteiger partial charge in [0.05, 0.1) is 46.6 Å². The molecular weight excluding hydrogens is 824 g/mol. The van der Waals surface area contributed by atoms with E-state index in [1.165, 1.54) is 36.4 Å². The molecule has 2 heterocycles. The second kappa shape index (κ2) is 16.0. The van der Waals surface area contributed by atoms with E-state index in [1.54, 1.807) is 0 Å². The highest BCUT2D eigenvalue weighted by Crippen LogP contribution is 2.56. The molecule has 0 bridgehead atoms. The number of hydrogen-bond donors (Lipinski definition) is 12. The lowest BCUT2D eigenvalue weighted by Gasteiger charge is -2.41. The average molecular weight is 863 g/mol. The minimum absolute atomic E-state index is 0.00301. The van der Waals surface area contributed by atoms with Crippen LogP contribution in [-0.2, 0) is 9.47 Å². The van der Waals surface area contributed by atoms with E-state index in [9.17, 15) is 80.5 Å². The number of carbonyl (C=O) groups excluding carboxylic acids is 2. The van der Waals surface area contributed by atoms with Crippen LogP contribution in [0.4, 0.5) is 0 Å². The Hall–Kier alpha value is -6.04. The van der Waals surface area contributed by atoms with Crippen molar-refractivity contribution in [1.29, 1.82) is 0 Å². The maximum absolute atomic E-state index is 14.7. The van der Waals surface area contributed by atoms with Gasteiger partial charge in [0.2, 0.25) is 24.1 Å². The predicted octanol–water partition coefficient (Wildman–Crippen LogP) is -1.10. The Morgan fingerprint density at radius 2 is 0.887 bits per heavy atom. The van der Waals surface area contributed by atoms with Crippen LogP contribution in [0.15, 0.2) is 60.7 Å². The summed E-state index contributed by atoms with van der Waals surface area (Å²) < 4.78 is 23.0. The molecule has 8 rings (SSSR count). The molecule has 0 saturated carbocycles. The molecule has 12 N–H and O–H groups in total. The number of aromatic carboxylic acids is 2. The number of benzene rings is 4. The Labute approximate surface area is 348 Å². The van der Waals surface area contributed by atoms with Gasteiger partial charge in [0.15, 0.2) is 0 Å². The third-order valence-corrected chi connectivity index (χ3v) is 11.7. The van der Waals surface area contributed by atoms with E-state index in [4.69, 9.17) is 18.9 Å². The van der Waals surface area contributed by atoms with E-state index in [0.717, 1.165) is 24.3 Å². The molecule has 2 aliphatic carbocycles. The molecule has 0 spiro atoms. The number of ether oxygens (including phenoxy) is 4. The minimum atomic E-state index is -1.94. The van der Waals surface area contributed by atoms with Gasteiger partial charge < -0.3 is 80.2 Å². The Kier molecular flexibility index (Phi) is 11.0. The fourth-order valence-corrected chi connectivity index (χ4v) is 8.71. The summed E-state index contributed by atoms with van der Waals surface area (Å²) in [4.78, 5) is 54.2. The molecule has 2 aliphatic heterocycles. The highest BCUT2D eigenvalue weighted by atomic mass is 16.7. The molecule has 4 aliphatic rings. The van der Waals surface area contributed by atoms with Crippen LogP contribution < -0.4 is 9.47 Å². The Balaban J connectivity index is 1.38. The predicted molar refractivity (Wildman–Crippen MR) is 202 cm³/mol. The van der Waals surface area contributed by atoms with Crippen molar-refractivity contribution in [1.82, 2.24) is 0 Å². The van der Waals surface area contributed by atoms with Crippen LogP contribution in [0.1, 0.15) is 86.6 Å². The lowest BCUT2D eigenvalue weighted by Crippen LogP contribution is -2.60. The van der Waals surface area contributed by atoms with Crippen LogP contribution in [0.3, 0.4) is 0 Å². The molecule has 0 amide bonds. The summed E-state index contributed by atoms with van der Waals surface area (Å²) in [5.74, 6) is -10.1. The van der Waals surface area contributed by atoms with Gasteiger partial charge in [-0.2, -0.15) is 0 Å². The second-order valence-corrected chi connectivity index (χ2v) is 15.2. The van der Waals surface area contributed by atoms with E-state index in [1.807, 2.05) is 0 Å². The molecule has 4 aromatic rings. The van der Waals surface area contributed by atoms with Gasteiger partial charge in [-0.15, -0.1) is 0 Å². The van der Waals surface area contributed by atoms with Crippen molar-refractivity contribution in [3.8, 4) is 23.0 Å². The number of rotatable bonds is 9. The number of ketones is 2. The maximum atomic E-state index is 14.7. The molecule has 0 unspecified atom stereocenters. The number of carboxylic acid groups (broad SMARTS) is 2. The highest BCUT2D eigenvalue weighted by molar-refractivity contribution is 6.18. The average Bonchev–Trinajstić information content (AvgIpc) is 3.24. The van der Waals surface area contributed by atoms with Crippen LogP contribution >= 0.6 is 0 Å². The molecule has 62 heavy (non-hydrogen) atoms. The summed E-state index contributed by atoms with van der Waals surface area (Å²) in [5, 5.41) is 126. The van der Waals surface area contributed by atoms with Crippen LogP contribution in [0.25, 0.3) is 0 Å². The molecule has 0 aromatic heterocycles. The topological polar surface area (TPSA) is 348 Å². The fourth-order valence-electron chi connectivity index (χ4n) is 8.71. The minimum Gasteiger partial charge on any atom is -0.507 e. The van der Waals surface area contributed by atoms with E-state index >= 15 is 0 Å². The second-order valence-electron chi connectivity index (χ2n) is 15.2. The maximum Gasteiger partial charge on any atom is 0.335 e. The molecule has 12 atom stereocenters. The van der Waals surface area contributed by atoms with Gasteiger partial charge in [0, 0.05) is 11.8 Å². The van der Waals surface area contributed by atoms with Crippen molar-refractivity contribution in [3.63, 3.8) is 0 Å². The Morgan fingerprint density at radius 1 is 0.516 bits per heavy atom. The van der Waals surface area contributed by atoms with Crippen LogP contribution in [-0.4, -0.2) is 159 Å². The quantitative estimate of drug-likeness (QED) is 0.0950. The zero-order valence-electron chi connectivity index (χ0n) is 31.7. The molecule has 20 nitrogen and oxygen atoms in total. The molecule has 326 valence electrons. The van der Waals surface area contributed by atoms with Gasteiger partial charge >= 0.3 is 11.9 Å². The summed E-state index contributed by atoms with van der Waals surface area (Å²) in [7, 11) is 0. The van der Waals surface area contributed by atoms with E-state index in [2.05, 4.69) is 0 Å². The largest absolute Gasteiger partial charge is 0.507 e. The highest BCUT2D eigenvalue weighted by Gasteiger charge is 2.50. The van der Waals surface area contributed by atoms with Gasteiger partial charge in [-0.05, 0) is 58.7 Å². The molecule has 4 aromatic carbocycles. The van der Waals surface area contributed by atoms with Crippen molar-refractivity contribution < 1.29 is 99.4 Å². The molecule has 20 heteroatoms. The van der Waals surface area contributed by atoms with Crippen molar-refractivity contribution >= 4 is 23.5 Å². The van der Waals surface area contributed by atoms with Gasteiger partial charge in [-0.3, -0.25) is 9.59 Å². The number of hydrogen-bond acceptors (Lipinski definition) is 18.